The number of benzene rings is 1. The third-order valence-electron chi connectivity index (χ3n) is 13.4. The maximum atomic E-state index is 14.7. The number of Topliss-reactive ketones (excluding diaryl/α,β-unsaturated/α-hetero) is 1. The Morgan fingerprint density at radius 3 is 2.43 bits per heavy atom. The molecule has 0 aliphatic carbocycles. The van der Waals surface area contributed by atoms with Gasteiger partial charge in [-0.05, 0) is 73.9 Å². The normalized spacial score (nSPS) is 37.2. The van der Waals surface area contributed by atoms with E-state index in [0.29, 0.717) is 31.5 Å². The molecule has 5 heterocycles. The van der Waals surface area contributed by atoms with Crippen molar-refractivity contribution >= 4 is 34.9 Å². The molecule has 0 radical (unpaired) electrons. The molecule has 1 N–H and O–H groups in total. The number of nitrogens with zero attached hydrogens (tertiary/aromatic N) is 5. The number of ketones is 1. The fourth-order valence-electron chi connectivity index (χ4n) is 10.2. The molecule has 2 bridgehead atoms. The molecule has 4 aliphatic rings. The molecule has 0 spiro atoms. The lowest BCUT2D eigenvalue weighted by molar-refractivity contribution is -0.494. The van der Waals surface area contributed by atoms with Gasteiger partial charge in [-0.15, -0.1) is 11.3 Å². The van der Waals surface area contributed by atoms with Crippen LogP contribution in [-0.2, 0) is 39.7 Å². The molecule has 332 valence electrons. The van der Waals surface area contributed by atoms with Crippen molar-refractivity contribution in [2.24, 2.45) is 23.7 Å². The minimum Gasteiger partial charge on any atom is -0.623 e. The number of carbonyl (C=O) groups is 3. The molecule has 6 rings (SSSR count). The molecule has 16 heteroatoms. The van der Waals surface area contributed by atoms with Crippen LogP contribution in [0.4, 0.5) is 4.79 Å². The molecule has 3 saturated heterocycles. The Morgan fingerprint density at radius 1 is 1.08 bits per heavy atom. The molecule has 2 aromatic rings. The zero-order valence-corrected chi connectivity index (χ0v) is 37.8. The molecule has 1 aromatic heterocycles. The summed E-state index contributed by atoms with van der Waals surface area (Å²) >= 11 is 1.61. The van der Waals surface area contributed by atoms with Gasteiger partial charge in [0.15, 0.2) is 23.4 Å². The van der Waals surface area contributed by atoms with Crippen molar-refractivity contribution in [3.05, 3.63) is 46.6 Å². The second kappa shape index (κ2) is 18.5. The van der Waals surface area contributed by atoms with Crippen molar-refractivity contribution in [2.75, 3.05) is 34.4 Å². The van der Waals surface area contributed by atoms with Crippen LogP contribution in [0, 0.1) is 28.9 Å². The standard InChI is InChI=1S/C44H65N5O10S/c1-12-33-44(8)37-27(4)34(48(54)24-47(49(37)42(53)59-44)20-16-19-31-23-45-39(60-31)30-17-14-13-15-18-30)25(2)22-43(7,55-11)38(28(5)35(50)29(6)40(52)57-33)58-41-36(51)32(46(9)10)21-26(3)56-41/h13-15,17-18,23,25-29,32-33,36-38,41,51H,12,16,19-22,24H2,1-11H3/t25-,26-,27-,28+,29-,32+,33+,36-,37-,38-,41+,43+,44-/m1/s1. The van der Waals surface area contributed by atoms with Crippen LogP contribution < -0.4 is 0 Å². The second-order valence-electron chi connectivity index (χ2n) is 17.9. The van der Waals surface area contributed by atoms with E-state index in [1.165, 1.54) is 14.0 Å². The number of hydroxylamine groups is 1. The van der Waals surface area contributed by atoms with Gasteiger partial charge in [0.05, 0.1) is 23.7 Å². The van der Waals surface area contributed by atoms with Crippen LogP contribution in [0.15, 0.2) is 36.5 Å². The molecular formula is C44H65N5O10S. The van der Waals surface area contributed by atoms with Crippen molar-refractivity contribution in [1.29, 1.82) is 0 Å². The number of amides is 1. The SMILES string of the molecule is CC[C@@H]1OC(=O)[C@H](C)C(=O)[C@H](C)[C@@H](O[C@@H]2O[C@H](C)C[C@H](N(C)C)[C@H]2O)[C@@](C)(OC)C[C@@H](C)C2=[N+]([O-])CN(CCCc3cnc(-c4ccccc4)s3)N3C(=O)O[C@@]1(C)[C@H]3[C@@H]2C. The predicted octanol–water partition coefficient (Wildman–Crippen LogP) is 5.52. The highest BCUT2D eigenvalue weighted by Gasteiger charge is 2.64. The number of aliphatic hydroxyl groups excluding tert-OH is 1. The summed E-state index contributed by atoms with van der Waals surface area (Å²) in [7, 11) is 5.29. The number of ether oxygens (including phenoxy) is 5. The Morgan fingerprint density at radius 2 is 1.78 bits per heavy atom. The van der Waals surface area contributed by atoms with E-state index in [4.69, 9.17) is 23.7 Å². The van der Waals surface area contributed by atoms with E-state index < -0.39 is 83.4 Å². The zero-order chi connectivity index (χ0) is 43.8. The van der Waals surface area contributed by atoms with Crippen LogP contribution >= 0.6 is 11.3 Å². The van der Waals surface area contributed by atoms with E-state index in [1.807, 2.05) is 90.1 Å². The van der Waals surface area contributed by atoms with Gasteiger partial charge in [0, 0.05) is 48.2 Å². The topological polar surface area (TPSA) is 166 Å². The van der Waals surface area contributed by atoms with Crippen molar-refractivity contribution in [3.8, 4) is 10.6 Å². The summed E-state index contributed by atoms with van der Waals surface area (Å²) in [4.78, 5) is 50.3. The third-order valence-corrected chi connectivity index (χ3v) is 14.5. The quantitative estimate of drug-likeness (QED) is 0.138. The van der Waals surface area contributed by atoms with Gasteiger partial charge in [-0.1, -0.05) is 58.0 Å². The summed E-state index contributed by atoms with van der Waals surface area (Å²) in [5.74, 6) is -4.43. The number of hydrogen-bond donors (Lipinski definition) is 1. The minimum atomic E-state index is -1.39. The highest BCUT2D eigenvalue weighted by molar-refractivity contribution is 7.15. The average molecular weight is 856 g/mol. The Hall–Kier alpha value is -3.51. The molecule has 3 fully saturated rings. The Kier molecular flexibility index (Phi) is 14.1. The van der Waals surface area contributed by atoms with E-state index in [1.54, 1.807) is 35.2 Å². The fourth-order valence-corrected chi connectivity index (χ4v) is 11.1. The number of hydrogen-bond acceptors (Lipinski definition) is 14. The lowest BCUT2D eigenvalue weighted by Gasteiger charge is -2.47. The summed E-state index contributed by atoms with van der Waals surface area (Å²) < 4.78 is 32.7. The average Bonchev–Trinajstić information content (AvgIpc) is 3.76. The number of hydrazine groups is 1. The number of cyclic esters (lactones) is 1. The fraction of sp³-hybridized carbons (Fsp3) is 0.705. The van der Waals surface area contributed by atoms with Crippen molar-refractivity contribution < 1.29 is 47.9 Å². The summed E-state index contributed by atoms with van der Waals surface area (Å²) in [5, 5.41) is 30.5. The Labute approximate surface area is 358 Å². The number of methoxy groups -OCH3 is 1. The number of esters is 1. The maximum Gasteiger partial charge on any atom is 0.425 e. The Balaban J connectivity index is 1.38. The van der Waals surface area contributed by atoms with Gasteiger partial charge in [-0.25, -0.2) is 14.8 Å². The van der Waals surface area contributed by atoms with Gasteiger partial charge in [-0.3, -0.25) is 9.59 Å². The largest absolute Gasteiger partial charge is 0.623 e. The van der Waals surface area contributed by atoms with Crippen molar-refractivity contribution in [1.82, 2.24) is 19.9 Å². The van der Waals surface area contributed by atoms with Gasteiger partial charge in [-0.2, -0.15) is 9.75 Å². The first-order valence-corrected chi connectivity index (χ1v) is 22.2. The number of aliphatic hydroxyl groups is 1. The van der Waals surface area contributed by atoms with Gasteiger partial charge in [0.2, 0.25) is 6.67 Å². The zero-order valence-electron chi connectivity index (χ0n) is 37.0. The van der Waals surface area contributed by atoms with E-state index in [9.17, 15) is 24.7 Å². The van der Waals surface area contributed by atoms with Gasteiger partial charge < -0.3 is 38.9 Å². The smallest absolute Gasteiger partial charge is 0.425 e. The molecule has 1 amide bonds. The van der Waals surface area contributed by atoms with Crippen LogP contribution in [0.2, 0.25) is 0 Å². The number of thiazole rings is 1. The number of rotatable bonds is 10. The van der Waals surface area contributed by atoms with Crippen LogP contribution in [0.1, 0.15) is 86.0 Å². The summed E-state index contributed by atoms with van der Waals surface area (Å²) in [6.45, 7) is 14.6. The predicted molar refractivity (Wildman–Crippen MR) is 226 cm³/mol. The van der Waals surface area contributed by atoms with E-state index in [-0.39, 0.29) is 31.7 Å². The van der Waals surface area contributed by atoms with Gasteiger partial charge >= 0.3 is 12.1 Å². The number of aryl methyl sites for hydroxylation is 1. The number of carbonyl (C=O) groups excluding carboxylic acids is 3. The molecular weight excluding hydrogens is 791 g/mol. The van der Waals surface area contributed by atoms with E-state index >= 15 is 0 Å². The molecule has 4 aliphatic heterocycles. The highest BCUT2D eigenvalue weighted by Crippen LogP contribution is 2.45. The summed E-state index contributed by atoms with van der Waals surface area (Å²) in [5.41, 5.74) is -1.08. The second-order valence-corrected chi connectivity index (χ2v) is 19.0. The summed E-state index contributed by atoms with van der Waals surface area (Å²) in [6.07, 6.45) is -0.815. The van der Waals surface area contributed by atoms with Gasteiger partial charge in [0.1, 0.15) is 29.2 Å². The number of likely N-dealkylation sites (N-methyl/N-ethyl adjacent to an activating group) is 1. The minimum absolute atomic E-state index is 0.151. The number of fused-ring (bicyclic) bond motifs is 1. The maximum absolute atomic E-state index is 14.7. The van der Waals surface area contributed by atoms with Gasteiger partial charge in [0.25, 0.3) is 0 Å². The molecule has 15 nitrogen and oxygen atoms in total. The summed E-state index contributed by atoms with van der Waals surface area (Å²) in [6, 6.07) is 8.95. The molecule has 13 atom stereocenters. The molecule has 1 aromatic carbocycles. The van der Waals surface area contributed by atoms with Crippen LogP contribution in [0.5, 0.6) is 0 Å². The molecule has 60 heavy (non-hydrogen) atoms. The van der Waals surface area contributed by atoms with Crippen LogP contribution in [-0.4, -0.2) is 142 Å². The Bertz CT molecular complexity index is 1880. The monoisotopic (exact) mass is 855 g/mol. The van der Waals surface area contributed by atoms with Crippen LogP contribution in [0.3, 0.4) is 0 Å². The lowest BCUT2D eigenvalue weighted by atomic mass is 9.73. The first-order valence-electron chi connectivity index (χ1n) is 21.4. The van der Waals surface area contributed by atoms with Crippen molar-refractivity contribution in [2.45, 2.75) is 141 Å². The molecule has 0 saturated carbocycles. The van der Waals surface area contributed by atoms with E-state index in [0.717, 1.165) is 20.2 Å². The third kappa shape index (κ3) is 8.88. The first-order chi connectivity index (χ1) is 28.3. The highest BCUT2D eigenvalue weighted by atomic mass is 32.1. The lowest BCUT2D eigenvalue weighted by Crippen LogP contribution is -2.61. The number of aromatic nitrogens is 1. The molecule has 0 unspecified atom stereocenters. The first kappa shape index (κ1) is 46.0. The van der Waals surface area contributed by atoms with Crippen molar-refractivity contribution in [3.63, 3.8) is 0 Å². The van der Waals surface area contributed by atoms with E-state index in [2.05, 4.69) is 4.98 Å². The van der Waals surface area contributed by atoms with Crippen LogP contribution in [0.25, 0.3) is 10.6 Å².